The predicted molar refractivity (Wildman–Crippen MR) is 49.3 cm³/mol. The van der Waals surface area contributed by atoms with Gasteiger partial charge in [-0.1, -0.05) is 11.8 Å². The second-order valence-electron chi connectivity index (χ2n) is 2.57. The Morgan fingerprint density at radius 2 is 2.54 bits per heavy atom. The van der Waals surface area contributed by atoms with Crippen molar-refractivity contribution in [2.24, 2.45) is 7.05 Å². The first kappa shape index (κ1) is 8.37. The Kier molecular flexibility index (Phi) is 2.35. The molecule has 13 heavy (non-hydrogen) atoms. The molecule has 0 aliphatic heterocycles. The number of nitrogens with zero attached hydrogens (tertiary/aromatic N) is 3. The summed E-state index contributed by atoms with van der Waals surface area (Å²) in [6.45, 7) is 0. The highest BCUT2D eigenvalue weighted by atomic mass is 32.2. The minimum Gasteiger partial charge on any atom is -0.440 e. The highest BCUT2D eigenvalue weighted by molar-refractivity contribution is 7.98. The van der Waals surface area contributed by atoms with Gasteiger partial charge in [-0.25, -0.2) is 4.98 Å². The van der Waals surface area contributed by atoms with Gasteiger partial charge in [-0.2, -0.15) is 5.10 Å². The van der Waals surface area contributed by atoms with Crippen LogP contribution in [0.3, 0.4) is 0 Å². The summed E-state index contributed by atoms with van der Waals surface area (Å²) in [5.41, 5.74) is 1.03. The maximum Gasteiger partial charge on any atom is 0.255 e. The summed E-state index contributed by atoms with van der Waals surface area (Å²) < 4.78 is 6.86. The first-order valence-electron chi connectivity index (χ1n) is 3.85. The lowest BCUT2D eigenvalue weighted by Crippen LogP contribution is -1.89. The molecule has 0 bridgehead atoms. The third kappa shape index (κ3) is 2.12. The van der Waals surface area contributed by atoms with Crippen molar-refractivity contribution in [3.05, 3.63) is 30.4 Å². The third-order valence-electron chi connectivity index (χ3n) is 1.52. The van der Waals surface area contributed by atoms with E-state index in [9.17, 15) is 0 Å². The Morgan fingerprint density at radius 1 is 1.62 bits per heavy atom. The van der Waals surface area contributed by atoms with Crippen LogP contribution >= 0.6 is 11.8 Å². The molecule has 0 N–H and O–H groups in total. The van der Waals surface area contributed by atoms with Crippen LogP contribution in [0.4, 0.5) is 0 Å². The second kappa shape index (κ2) is 3.66. The fourth-order valence-electron chi connectivity index (χ4n) is 0.957. The van der Waals surface area contributed by atoms with Gasteiger partial charge in [0.05, 0.1) is 11.9 Å². The molecular formula is C8H9N3OS. The van der Waals surface area contributed by atoms with Crippen LogP contribution in [-0.2, 0) is 12.8 Å². The third-order valence-corrected chi connectivity index (χ3v) is 2.41. The van der Waals surface area contributed by atoms with Crippen molar-refractivity contribution in [3.63, 3.8) is 0 Å². The van der Waals surface area contributed by atoms with Crippen LogP contribution < -0.4 is 0 Å². The van der Waals surface area contributed by atoms with Crippen LogP contribution in [0.25, 0.3) is 0 Å². The average molecular weight is 195 g/mol. The summed E-state index contributed by atoms with van der Waals surface area (Å²) in [5.74, 6) is 0.793. The van der Waals surface area contributed by atoms with Crippen molar-refractivity contribution in [2.75, 3.05) is 0 Å². The molecule has 2 rings (SSSR count). The summed E-state index contributed by atoms with van der Waals surface area (Å²) in [7, 11) is 1.90. The Morgan fingerprint density at radius 3 is 3.15 bits per heavy atom. The van der Waals surface area contributed by atoms with Gasteiger partial charge in [-0.15, -0.1) is 0 Å². The average Bonchev–Trinajstić information content (AvgIpc) is 2.71. The molecule has 68 valence electrons. The Bertz CT molecular complexity index is 368. The van der Waals surface area contributed by atoms with Gasteiger partial charge in [0, 0.05) is 19.0 Å². The van der Waals surface area contributed by atoms with E-state index in [-0.39, 0.29) is 0 Å². The molecule has 5 heteroatoms. The molecule has 0 saturated heterocycles. The van der Waals surface area contributed by atoms with Gasteiger partial charge in [-0.3, -0.25) is 4.68 Å². The number of rotatable bonds is 3. The molecule has 0 aliphatic rings. The second-order valence-corrected chi connectivity index (χ2v) is 3.49. The van der Waals surface area contributed by atoms with Crippen LogP contribution in [0.15, 0.2) is 34.4 Å². The van der Waals surface area contributed by atoms with Crippen molar-refractivity contribution in [3.8, 4) is 0 Å². The Hall–Kier alpha value is -1.23. The monoisotopic (exact) mass is 195 g/mol. The van der Waals surface area contributed by atoms with Gasteiger partial charge >= 0.3 is 0 Å². The molecule has 2 aromatic rings. The van der Waals surface area contributed by atoms with Gasteiger partial charge in [0.2, 0.25) is 0 Å². The van der Waals surface area contributed by atoms with E-state index >= 15 is 0 Å². The summed E-state index contributed by atoms with van der Waals surface area (Å²) in [6.07, 6.45) is 5.13. The van der Waals surface area contributed by atoms with E-state index in [0.717, 1.165) is 11.4 Å². The van der Waals surface area contributed by atoms with Gasteiger partial charge in [0.25, 0.3) is 5.22 Å². The van der Waals surface area contributed by atoms with Crippen LogP contribution in [0, 0.1) is 0 Å². The van der Waals surface area contributed by atoms with Crippen LogP contribution in [0.1, 0.15) is 5.69 Å². The predicted octanol–water partition coefficient (Wildman–Crippen LogP) is 1.70. The van der Waals surface area contributed by atoms with E-state index < -0.39 is 0 Å². The minimum atomic E-state index is 0.686. The summed E-state index contributed by atoms with van der Waals surface area (Å²) >= 11 is 1.54. The largest absolute Gasteiger partial charge is 0.440 e. The number of hydrogen-bond donors (Lipinski definition) is 0. The molecule has 0 saturated carbocycles. The quantitative estimate of drug-likeness (QED) is 0.699. The fourth-order valence-corrected chi connectivity index (χ4v) is 1.64. The van der Waals surface area contributed by atoms with Crippen LogP contribution in [0.5, 0.6) is 0 Å². The summed E-state index contributed by atoms with van der Waals surface area (Å²) in [5, 5.41) is 4.92. The van der Waals surface area contributed by atoms with Crippen LogP contribution in [0.2, 0.25) is 0 Å². The Labute approximate surface area is 80.0 Å². The molecule has 0 aliphatic carbocycles. The molecule has 2 aromatic heterocycles. The SMILES string of the molecule is Cn1ccc(CSc2ncco2)n1. The molecular weight excluding hydrogens is 186 g/mol. The topological polar surface area (TPSA) is 43.9 Å². The highest BCUT2D eigenvalue weighted by Crippen LogP contribution is 2.19. The van der Waals surface area contributed by atoms with Gasteiger partial charge in [-0.05, 0) is 6.07 Å². The maximum atomic E-state index is 5.08. The van der Waals surface area contributed by atoms with E-state index in [1.54, 1.807) is 17.1 Å². The minimum absolute atomic E-state index is 0.686. The first-order valence-corrected chi connectivity index (χ1v) is 4.84. The maximum absolute atomic E-state index is 5.08. The van der Waals surface area contributed by atoms with E-state index in [1.807, 2.05) is 19.3 Å². The van der Waals surface area contributed by atoms with E-state index in [0.29, 0.717) is 5.22 Å². The molecule has 2 heterocycles. The van der Waals surface area contributed by atoms with Crippen molar-refractivity contribution in [2.45, 2.75) is 11.0 Å². The van der Waals surface area contributed by atoms with Gasteiger partial charge < -0.3 is 4.42 Å². The number of oxazole rings is 1. The normalized spacial score (nSPS) is 10.5. The summed E-state index contributed by atoms with van der Waals surface area (Å²) in [6, 6.07) is 1.98. The molecule has 0 aromatic carbocycles. The van der Waals surface area contributed by atoms with Crippen molar-refractivity contribution >= 4 is 11.8 Å². The lowest BCUT2D eigenvalue weighted by atomic mass is 10.5. The van der Waals surface area contributed by atoms with Crippen molar-refractivity contribution < 1.29 is 4.42 Å². The van der Waals surface area contributed by atoms with E-state index in [1.165, 1.54) is 11.8 Å². The molecule has 0 spiro atoms. The number of thioether (sulfide) groups is 1. The zero-order valence-corrected chi connectivity index (χ0v) is 7.99. The molecule has 4 nitrogen and oxygen atoms in total. The number of aryl methyl sites for hydroxylation is 1. The zero-order chi connectivity index (χ0) is 9.10. The molecule has 0 unspecified atom stereocenters. The number of hydrogen-bond acceptors (Lipinski definition) is 4. The molecule has 0 atom stereocenters. The van der Waals surface area contributed by atoms with Gasteiger partial charge in [0.15, 0.2) is 0 Å². The van der Waals surface area contributed by atoms with Crippen molar-refractivity contribution in [1.82, 2.24) is 14.8 Å². The lowest BCUT2D eigenvalue weighted by Gasteiger charge is -1.91. The van der Waals surface area contributed by atoms with Gasteiger partial charge in [0.1, 0.15) is 6.26 Å². The van der Waals surface area contributed by atoms with Crippen molar-refractivity contribution in [1.29, 1.82) is 0 Å². The lowest BCUT2D eigenvalue weighted by molar-refractivity contribution is 0.454. The summed E-state index contributed by atoms with van der Waals surface area (Å²) in [4.78, 5) is 4.00. The first-order chi connectivity index (χ1) is 6.34. The molecule has 0 fully saturated rings. The number of aromatic nitrogens is 3. The smallest absolute Gasteiger partial charge is 0.255 e. The highest BCUT2D eigenvalue weighted by Gasteiger charge is 2.01. The van der Waals surface area contributed by atoms with E-state index in [4.69, 9.17) is 4.42 Å². The zero-order valence-electron chi connectivity index (χ0n) is 7.17. The molecule has 0 amide bonds. The standard InChI is InChI=1S/C8H9N3OS/c1-11-4-2-7(10-11)6-13-8-9-3-5-12-8/h2-5H,6H2,1H3. The molecule has 0 radical (unpaired) electrons. The fraction of sp³-hybridized carbons (Fsp3) is 0.250. The Balaban J connectivity index is 1.93. The van der Waals surface area contributed by atoms with E-state index in [2.05, 4.69) is 10.1 Å². The van der Waals surface area contributed by atoms with Crippen LogP contribution in [-0.4, -0.2) is 14.8 Å².